The quantitative estimate of drug-likeness (QED) is 0.455. The molecule has 58 valence electrons. The summed E-state index contributed by atoms with van der Waals surface area (Å²) in [5.41, 5.74) is 0. The summed E-state index contributed by atoms with van der Waals surface area (Å²) in [6.45, 7) is 0. The van der Waals surface area contributed by atoms with Crippen molar-refractivity contribution < 1.29 is 0 Å². The minimum absolute atomic E-state index is 0.393. The van der Waals surface area contributed by atoms with E-state index in [4.69, 9.17) is 11.6 Å². The van der Waals surface area contributed by atoms with E-state index >= 15 is 0 Å². The average Bonchev–Trinajstić information content (AvgIpc) is 2.37. The number of hydrogen-bond donors (Lipinski definition) is 0. The fourth-order valence-corrected chi connectivity index (χ4v) is 0.850. The predicted octanol–water partition coefficient (Wildman–Crippen LogP) is 1.20. The molecule has 1 aromatic heterocycles. The summed E-state index contributed by atoms with van der Waals surface area (Å²) in [6, 6.07) is 0. The molecule has 0 fully saturated rings. The lowest BCUT2D eigenvalue weighted by Crippen LogP contribution is -1.94. The van der Waals surface area contributed by atoms with Crippen LogP contribution < -0.4 is 0 Å². The summed E-state index contributed by atoms with van der Waals surface area (Å²) in [7, 11) is 1.95. The lowest BCUT2D eigenvalue weighted by Gasteiger charge is -1.93. The molecule has 0 aliphatic carbocycles. The summed E-state index contributed by atoms with van der Waals surface area (Å²) in [4.78, 5) is 4.10. The van der Waals surface area contributed by atoms with Crippen LogP contribution in [0.15, 0.2) is 12.4 Å². The van der Waals surface area contributed by atoms with Gasteiger partial charge in [-0.25, -0.2) is 4.98 Å². The first-order valence-electron chi connectivity index (χ1n) is 3.32. The molecule has 1 heterocycles. The van der Waals surface area contributed by atoms with E-state index in [0.29, 0.717) is 12.3 Å². The smallest absolute Gasteiger partial charge is 0.120 e. The summed E-state index contributed by atoms with van der Waals surface area (Å²) in [5.74, 6) is 7.06. The Balaban J connectivity index is 2.57. The molecule has 0 aromatic carbocycles. The van der Waals surface area contributed by atoms with Gasteiger partial charge in [0, 0.05) is 19.4 Å². The molecular weight excluding hydrogens is 160 g/mol. The van der Waals surface area contributed by atoms with Gasteiger partial charge in [0.2, 0.25) is 0 Å². The van der Waals surface area contributed by atoms with Crippen molar-refractivity contribution in [1.82, 2.24) is 9.55 Å². The highest BCUT2D eigenvalue weighted by Gasteiger charge is 1.93. The molecule has 11 heavy (non-hydrogen) atoms. The van der Waals surface area contributed by atoms with Crippen LogP contribution in [0.4, 0.5) is 0 Å². The second-order valence-corrected chi connectivity index (χ2v) is 2.39. The zero-order valence-corrected chi connectivity index (χ0v) is 7.10. The summed E-state index contributed by atoms with van der Waals surface area (Å²) >= 11 is 5.38. The zero-order chi connectivity index (χ0) is 8.10. The number of aromatic nitrogens is 2. The van der Waals surface area contributed by atoms with Crippen molar-refractivity contribution in [2.75, 3.05) is 5.88 Å². The maximum atomic E-state index is 5.38. The Morgan fingerprint density at radius 2 is 2.45 bits per heavy atom. The Kier molecular flexibility index (Phi) is 3.00. The summed E-state index contributed by atoms with van der Waals surface area (Å²) in [5, 5.41) is 0. The molecule has 0 N–H and O–H groups in total. The fourth-order valence-electron chi connectivity index (χ4n) is 0.756. The molecule has 2 nitrogen and oxygen atoms in total. The topological polar surface area (TPSA) is 17.8 Å². The molecule has 1 rings (SSSR count). The largest absolute Gasteiger partial charge is 0.337 e. The minimum Gasteiger partial charge on any atom is -0.337 e. The Bertz CT molecular complexity index is 280. The Hall–Kier alpha value is -0.940. The van der Waals surface area contributed by atoms with E-state index in [9.17, 15) is 0 Å². The Morgan fingerprint density at radius 1 is 1.64 bits per heavy atom. The number of alkyl halides is 1. The molecule has 0 unspecified atom stereocenters. The molecule has 0 aliphatic rings. The van der Waals surface area contributed by atoms with Gasteiger partial charge in [-0.15, -0.1) is 11.6 Å². The van der Waals surface area contributed by atoms with Crippen molar-refractivity contribution in [2.45, 2.75) is 6.42 Å². The second-order valence-electron chi connectivity index (χ2n) is 2.12. The van der Waals surface area contributed by atoms with Crippen LogP contribution in [0.2, 0.25) is 0 Å². The zero-order valence-electron chi connectivity index (χ0n) is 6.34. The lowest BCUT2D eigenvalue weighted by molar-refractivity contribution is 0.836. The third-order valence-electron chi connectivity index (χ3n) is 1.36. The van der Waals surface area contributed by atoms with Crippen LogP contribution in [0.1, 0.15) is 5.82 Å². The van der Waals surface area contributed by atoms with Crippen LogP contribution >= 0.6 is 11.6 Å². The molecule has 1 aromatic rings. The number of halogens is 1. The molecule has 0 radical (unpaired) electrons. The van der Waals surface area contributed by atoms with Crippen molar-refractivity contribution in [3.8, 4) is 11.8 Å². The average molecular weight is 169 g/mol. The normalized spacial score (nSPS) is 8.91. The van der Waals surface area contributed by atoms with Crippen LogP contribution in [0.3, 0.4) is 0 Å². The minimum atomic E-state index is 0.393. The highest BCUT2D eigenvalue weighted by Crippen LogP contribution is 1.93. The third-order valence-corrected chi connectivity index (χ3v) is 1.49. The van der Waals surface area contributed by atoms with Gasteiger partial charge < -0.3 is 4.57 Å². The van der Waals surface area contributed by atoms with Gasteiger partial charge >= 0.3 is 0 Å². The van der Waals surface area contributed by atoms with Gasteiger partial charge in [0.15, 0.2) is 0 Å². The number of nitrogens with zero attached hydrogens (tertiary/aromatic N) is 2. The van der Waals surface area contributed by atoms with E-state index in [1.54, 1.807) is 6.20 Å². The maximum absolute atomic E-state index is 5.38. The molecule has 0 atom stereocenters. The van der Waals surface area contributed by atoms with Crippen LogP contribution in [0, 0.1) is 11.8 Å². The first kappa shape index (κ1) is 8.16. The number of aryl methyl sites for hydroxylation is 1. The molecule has 0 aliphatic heterocycles. The highest BCUT2D eigenvalue weighted by atomic mass is 35.5. The van der Waals surface area contributed by atoms with Crippen molar-refractivity contribution in [3.63, 3.8) is 0 Å². The number of hydrogen-bond acceptors (Lipinski definition) is 1. The third kappa shape index (κ3) is 2.28. The van der Waals surface area contributed by atoms with Crippen LogP contribution in [0.5, 0.6) is 0 Å². The fraction of sp³-hybridized carbons (Fsp3) is 0.375. The summed E-state index contributed by atoms with van der Waals surface area (Å²) < 4.78 is 1.95. The van der Waals surface area contributed by atoms with E-state index in [-0.39, 0.29) is 0 Å². The van der Waals surface area contributed by atoms with E-state index in [1.165, 1.54) is 0 Å². The van der Waals surface area contributed by atoms with E-state index in [0.717, 1.165) is 5.82 Å². The van der Waals surface area contributed by atoms with Crippen LogP contribution in [-0.4, -0.2) is 15.4 Å². The number of imidazole rings is 1. The highest BCUT2D eigenvalue weighted by molar-refractivity contribution is 6.19. The van der Waals surface area contributed by atoms with Gasteiger partial charge in [-0.1, -0.05) is 11.8 Å². The van der Waals surface area contributed by atoms with Gasteiger partial charge in [0.25, 0.3) is 0 Å². The van der Waals surface area contributed by atoms with Crippen LogP contribution in [-0.2, 0) is 13.5 Å². The first-order valence-corrected chi connectivity index (χ1v) is 3.86. The summed E-state index contributed by atoms with van der Waals surface area (Å²) in [6.07, 6.45) is 4.34. The van der Waals surface area contributed by atoms with Crippen LogP contribution in [0.25, 0.3) is 0 Å². The molecule has 0 bridgehead atoms. The molecular formula is C8H9ClN2. The predicted molar refractivity (Wildman–Crippen MR) is 45.4 cm³/mol. The van der Waals surface area contributed by atoms with Gasteiger partial charge in [-0.2, -0.15) is 0 Å². The van der Waals surface area contributed by atoms with Gasteiger partial charge in [-0.3, -0.25) is 0 Å². The monoisotopic (exact) mass is 168 g/mol. The Labute approximate surface area is 71.2 Å². The van der Waals surface area contributed by atoms with E-state index in [1.807, 2.05) is 17.8 Å². The molecule has 0 amide bonds. The van der Waals surface area contributed by atoms with Gasteiger partial charge in [0.05, 0.1) is 12.3 Å². The molecule has 0 saturated heterocycles. The second kappa shape index (κ2) is 4.05. The standard InChI is InChI=1S/C8H9ClN2/c1-11-7-6-10-8(11)4-2-3-5-9/h6-7H,4-5H2,1H3. The molecule has 0 spiro atoms. The lowest BCUT2D eigenvalue weighted by atomic mass is 10.4. The van der Waals surface area contributed by atoms with E-state index < -0.39 is 0 Å². The van der Waals surface area contributed by atoms with Gasteiger partial charge in [0.1, 0.15) is 5.82 Å². The Morgan fingerprint density at radius 3 is 3.00 bits per heavy atom. The van der Waals surface area contributed by atoms with Crippen molar-refractivity contribution in [2.24, 2.45) is 7.05 Å². The van der Waals surface area contributed by atoms with Gasteiger partial charge in [-0.05, 0) is 0 Å². The maximum Gasteiger partial charge on any atom is 0.120 e. The molecule has 0 saturated carbocycles. The van der Waals surface area contributed by atoms with Crippen molar-refractivity contribution >= 4 is 11.6 Å². The first-order chi connectivity index (χ1) is 5.34. The van der Waals surface area contributed by atoms with Crippen molar-refractivity contribution in [3.05, 3.63) is 18.2 Å². The van der Waals surface area contributed by atoms with Crippen molar-refractivity contribution in [1.29, 1.82) is 0 Å². The van der Waals surface area contributed by atoms with E-state index in [2.05, 4.69) is 16.8 Å². The SMILES string of the molecule is Cn1ccnc1CC#CCCl. The number of rotatable bonds is 1. The molecule has 3 heteroatoms.